The number of rotatable bonds is 5. The predicted molar refractivity (Wildman–Crippen MR) is 150 cm³/mol. The van der Waals surface area contributed by atoms with E-state index < -0.39 is 48.2 Å². The number of hydrogen-bond acceptors (Lipinski definition) is 10. The average Bonchev–Trinajstić information content (AvgIpc) is 3.68. The number of ether oxygens (including phenoxy) is 6. The predicted octanol–water partition coefficient (Wildman–Crippen LogP) is 3.62. The summed E-state index contributed by atoms with van der Waals surface area (Å²) < 4.78 is 35.0. The minimum atomic E-state index is -0.782. The Kier molecular flexibility index (Phi) is 7.27. The van der Waals surface area contributed by atoms with Crippen molar-refractivity contribution < 1.29 is 47.9 Å². The van der Waals surface area contributed by atoms with E-state index in [0.717, 1.165) is 63.4 Å². The first-order chi connectivity index (χ1) is 20.4. The molecule has 6 fully saturated rings. The lowest BCUT2D eigenvalue weighted by Crippen LogP contribution is -2.62. The molecule has 0 amide bonds. The van der Waals surface area contributed by atoms with Crippen LogP contribution in [0, 0.1) is 34.5 Å². The van der Waals surface area contributed by atoms with Gasteiger partial charge in [0, 0.05) is 25.3 Å². The highest BCUT2D eigenvalue weighted by Gasteiger charge is 2.68. The first kappa shape index (κ1) is 29.7. The minimum absolute atomic E-state index is 0.0525. The highest BCUT2D eigenvalue weighted by atomic mass is 16.7. The number of hydrogen-bond donors (Lipinski definition) is 1. The molecule has 7 aliphatic rings. The molecule has 2 saturated heterocycles. The van der Waals surface area contributed by atoms with Crippen molar-refractivity contribution in [2.45, 2.75) is 128 Å². The van der Waals surface area contributed by atoms with E-state index in [9.17, 15) is 19.5 Å². The fourth-order valence-corrected chi connectivity index (χ4v) is 10.9. The summed E-state index contributed by atoms with van der Waals surface area (Å²) in [6.07, 6.45) is 6.96. The zero-order valence-electron chi connectivity index (χ0n) is 25.8. The molecule has 238 valence electrons. The molecule has 0 aromatic carbocycles. The van der Waals surface area contributed by atoms with Gasteiger partial charge < -0.3 is 33.5 Å². The van der Waals surface area contributed by atoms with Crippen LogP contribution >= 0.6 is 0 Å². The average molecular weight is 603 g/mol. The molecule has 0 bridgehead atoms. The van der Waals surface area contributed by atoms with Gasteiger partial charge in [0.05, 0.1) is 18.3 Å². The van der Waals surface area contributed by atoms with Gasteiger partial charge in [-0.2, -0.15) is 0 Å². The quantitative estimate of drug-likeness (QED) is 0.368. The number of carbonyl (C=O) groups excluding carboxylic acids is 3. The van der Waals surface area contributed by atoms with Crippen molar-refractivity contribution in [3.8, 4) is 0 Å². The lowest BCUT2D eigenvalue weighted by molar-refractivity contribution is -0.239. The minimum Gasteiger partial charge on any atom is -0.458 e. The standard InChI is InChI=1S/C33H46O10/c1-17(34)40-25-16-39-28-27(25)43-30(29(28)41-18(2)35)42-21-7-10-31(3)20(14-21)5-6-24-23(31)8-11-32(4)22(9-12-33(24,32)37)19-13-26(36)38-15-19/h13,20-25,27-30,37H,5-12,14-16H2,1-4H3/t20?,21?,22-,23+,24-,25-,27-,28+,29-,30-,31+,32-,33-/m1/s1. The summed E-state index contributed by atoms with van der Waals surface area (Å²) in [6, 6.07) is 0. The fraction of sp³-hybridized carbons (Fsp3) is 0.848. The van der Waals surface area contributed by atoms with E-state index in [1.54, 1.807) is 6.08 Å². The van der Waals surface area contributed by atoms with E-state index >= 15 is 0 Å². The van der Waals surface area contributed by atoms with Crippen molar-refractivity contribution in [2.24, 2.45) is 34.5 Å². The SMILES string of the molecule is CC(=O)O[C@H]1[C@H](OC2CC[C@@]3(C)C(CC[C@@H]4[C@@H]3CC[C@]3(C)[C@@H](C5=CC(=O)OC5)CC[C@@]43O)C2)O[C@H]2[C@@H]1OC[C@H]2OC(C)=O. The summed E-state index contributed by atoms with van der Waals surface area (Å²) in [5.74, 6) is 0.241. The van der Waals surface area contributed by atoms with Crippen LogP contribution < -0.4 is 0 Å². The second-order valence-electron chi connectivity index (χ2n) is 14.8. The zero-order valence-corrected chi connectivity index (χ0v) is 25.8. The second-order valence-corrected chi connectivity index (χ2v) is 14.8. The van der Waals surface area contributed by atoms with Crippen molar-refractivity contribution in [3.05, 3.63) is 11.6 Å². The van der Waals surface area contributed by atoms with Crippen LogP contribution in [-0.4, -0.2) is 78.6 Å². The highest BCUT2D eigenvalue weighted by Crippen LogP contribution is 2.70. The second kappa shape index (κ2) is 10.5. The van der Waals surface area contributed by atoms with Crippen molar-refractivity contribution in [1.29, 1.82) is 0 Å². The summed E-state index contributed by atoms with van der Waals surface area (Å²) in [5, 5.41) is 12.5. The van der Waals surface area contributed by atoms with Crippen molar-refractivity contribution in [2.75, 3.05) is 13.2 Å². The summed E-state index contributed by atoms with van der Waals surface area (Å²) in [5.41, 5.74) is 0.191. The van der Waals surface area contributed by atoms with E-state index in [4.69, 9.17) is 28.4 Å². The smallest absolute Gasteiger partial charge is 0.331 e. The van der Waals surface area contributed by atoms with Crippen LogP contribution in [0.25, 0.3) is 0 Å². The monoisotopic (exact) mass is 602 g/mol. The molecule has 4 aliphatic carbocycles. The van der Waals surface area contributed by atoms with E-state index in [0.29, 0.717) is 18.4 Å². The molecular formula is C33H46O10. The molecule has 2 unspecified atom stereocenters. The van der Waals surface area contributed by atoms with Crippen LogP contribution in [-0.2, 0) is 42.8 Å². The Morgan fingerprint density at radius 3 is 2.47 bits per heavy atom. The molecule has 43 heavy (non-hydrogen) atoms. The van der Waals surface area contributed by atoms with Crippen LogP contribution in [0.2, 0.25) is 0 Å². The van der Waals surface area contributed by atoms with Gasteiger partial charge in [-0.25, -0.2) is 4.79 Å². The maximum absolute atomic E-state index is 12.5. The van der Waals surface area contributed by atoms with Crippen LogP contribution in [0.3, 0.4) is 0 Å². The van der Waals surface area contributed by atoms with E-state index in [1.807, 2.05) is 0 Å². The molecular weight excluding hydrogens is 556 g/mol. The first-order valence-electron chi connectivity index (χ1n) is 16.3. The Hall–Kier alpha value is -2.01. The number of carbonyl (C=O) groups is 3. The Morgan fingerprint density at radius 1 is 0.953 bits per heavy atom. The lowest BCUT2D eigenvalue weighted by atomic mass is 9.43. The molecule has 7 rings (SSSR count). The van der Waals surface area contributed by atoms with Crippen molar-refractivity contribution in [3.63, 3.8) is 0 Å². The molecule has 10 heteroatoms. The third-order valence-corrected chi connectivity index (χ3v) is 12.9. The van der Waals surface area contributed by atoms with Crippen molar-refractivity contribution in [1.82, 2.24) is 0 Å². The largest absolute Gasteiger partial charge is 0.458 e. The number of cyclic esters (lactones) is 1. The van der Waals surface area contributed by atoms with E-state index in [2.05, 4.69) is 13.8 Å². The summed E-state index contributed by atoms with van der Waals surface area (Å²) >= 11 is 0. The molecule has 1 N–H and O–H groups in total. The van der Waals surface area contributed by atoms with Gasteiger partial charge >= 0.3 is 17.9 Å². The topological polar surface area (TPSA) is 127 Å². The first-order valence-corrected chi connectivity index (χ1v) is 16.3. The molecule has 3 aliphatic heterocycles. The molecule has 0 radical (unpaired) electrons. The van der Waals surface area contributed by atoms with Gasteiger partial charge in [0.2, 0.25) is 0 Å². The molecule has 13 atom stereocenters. The third-order valence-electron chi connectivity index (χ3n) is 12.9. The Labute approximate surface area is 253 Å². The highest BCUT2D eigenvalue weighted by molar-refractivity contribution is 5.85. The maximum Gasteiger partial charge on any atom is 0.331 e. The van der Waals surface area contributed by atoms with Crippen LogP contribution in [0.15, 0.2) is 11.6 Å². The molecule has 0 aromatic heterocycles. The van der Waals surface area contributed by atoms with Crippen molar-refractivity contribution >= 4 is 17.9 Å². The molecule has 3 heterocycles. The van der Waals surface area contributed by atoms with Gasteiger partial charge in [-0.15, -0.1) is 0 Å². The van der Waals surface area contributed by atoms with E-state index in [-0.39, 0.29) is 41.3 Å². The number of fused-ring (bicyclic) bond motifs is 6. The van der Waals surface area contributed by atoms with Gasteiger partial charge in [0.1, 0.15) is 18.8 Å². The van der Waals surface area contributed by atoms with Gasteiger partial charge in [-0.05, 0) is 92.4 Å². The van der Waals surface area contributed by atoms with Gasteiger partial charge in [0.15, 0.2) is 18.5 Å². The Bertz CT molecular complexity index is 1200. The molecule has 0 spiro atoms. The zero-order chi connectivity index (χ0) is 30.3. The Morgan fingerprint density at radius 2 is 1.74 bits per heavy atom. The number of aliphatic hydroxyl groups is 1. The van der Waals surface area contributed by atoms with Gasteiger partial charge in [-0.3, -0.25) is 9.59 Å². The van der Waals surface area contributed by atoms with Gasteiger partial charge in [-0.1, -0.05) is 13.8 Å². The number of esters is 3. The Balaban J connectivity index is 1.04. The summed E-state index contributed by atoms with van der Waals surface area (Å²) in [6.45, 7) is 7.98. The van der Waals surface area contributed by atoms with Crippen LogP contribution in [0.5, 0.6) is 0 Å². The maximum atomic E-state index is 12.5. The summed E-state index contributed by atoms with van der Waals surface area (Å²) in [4.78, 5) is 35.4. The molecule has 10 nitrogen and oxygen atoms in total. The lowest BCUT2D eigenvalue weighted by Gasteiger charge is -2.63. The van der Waals surface area contributed by atoms with E-state index in [1.165, 1.54) is 13.8 Å². The van der Waals surface area contributed by atoms with Gasteiger partial charge in [0.25, 0.3) is 0 Å². The normalized spacial score (nSPS) is 50.2. The van der Waals surface area contributed by atoms with Crippen LogP contribution in [0.4, 0.5) is 0 Å². The van der Waals surface area contributed by atoms with Crippen LogP contribution in [0.1, 0.15) is 85.5 Å². The fourth-order valence-electron chi connectivity index (χ4n) is 10.9. The third kappa shape index (κ3) is 4.60. The summed E-state index contributed by atoms with van der Waals surface area (Å²) in [7, 11) is 0. The molecule has 0 aromatic rings. The molecule has 4 saturated carbocycles.